The second-order valence-corrected chi connectivity index (χ2v) is 9.23. The fraction of sp³-hybridized carbons (Fsp3) is 0.400. The largest absolute Gasteiger partial charge is 0.464 e. The van der Waals surface area contributed by atoms with Gasteiger partial charge >= 0.3 is 5.97 Å². The van der Waals surface area contributed by atoms with Crippen LogP contribution in [-0.4, -0.2) is 52.6 Å². The van der Waals surface area contributed by atoms with Crippen molar-refractivity contribution in [1.82, 2.24) is 14.5 Å². The summed E-state index contributed by atoms with van der Waals surface area (Å²) >= 11 is 0. The molecule has 4 heterocycles. The zero-order chi connectivity index (χ0) is 23.3. The van der Waals surface area contributed by atoms with Crippen molar-refractivity contribution in [3.05, 3.63) is 63.7 Å². The Hall–Kier alpha value is -3.39. The van der Waals surface area contributed by atoms with Gasteiger partial charge < -0.3 is 19.6 Å². The summed E-state index contributed by atoms with van der Waals surface area (Å²) in [6.07, 6.45) is 1.03. The normalized spacial score (nSPS) is 20.8. The lowest BCUT2D eigenvalue weighted by Gasteiger charge is -2.44. The van der Waals surface area contributed by atoms with Crippen LogP contribution in [0, 0.1) is 12.8 Å². The molecule has 1 fully saturated rings. The Bertz CT molecular complexity index is 1310. The Morgan fingerprint density at radius 1 is 1.18 bits per heavy atom. The number of likely N-dealkylation sites (tertiary alicyclic amines) is 1. The summed E-state index contributed by atoms with van der Waals surface area (Å²) in [5, 5.41) is 3.78. The SMILES string of the molecule is COC(=O)c1[nH]c2ccc(C)cc2c1NC(=O)C(C)N1C[C@@H]2C[C@@H](C1)c1cccc(=O)n1C2. The number of methoxy groups -OCH3 is 1. The molecule has 33 heavy (non-hydrogen) atoms. The molecule has 1 saturated heterocycles. The Kier molecular flexibility index (Phi) is 5.32. The Balaban J connectivity index is 1.40. The maximum atomic E-state index is 13.3. The molecule has 0 spiro atoms. The summed E-state index contributed by atoms with van der Waals surface area (Å²) in [7, 11) is 1.32. The summed E-state index contributed by atoms with van der Waals surface area (Å²) in [4.78, 5) is 43.3. The van der Waals surface area contributed by atoms with Crippen LogP contribution in [-0.2, 0) is 16.1 Å². The van der Waals surface area contributed by atoms with Crippen LogP contribution < -0.4 is 10.9 Å². The number of carbonyl (C=O) groups excluding carboxylic acids is 2. The number of aromatic amines is 1. The number of nitrogens with one attached hydrogen (secondary N) is 2. The number of nitrogens with zero attached hydrogens (tertiary/aromatic N) is 2. The van der Waals surface area contributed by atoms with E-state index < -0.39 is 12.0 Å². The molecule has 1 aromatic carbocycles. The number of rotatable bonds is 4. The van der Waals surface area contributed by atoms with Crippen molar-refractivity contribution < 1.29 is 14.3 Å². The van der Waals surface area contributed by atoms with Crippen molar-refractivity contribution in [3.8, 4) is 0 Å². The van der Waals surface area contributed by atoms with E-state index in [1.54, 1.807) is 6.07 Å². The topological polar surface area (TPSA) is 96.4 Å². The average molecular weight is 449 g/mol. The molecule has 2 aliphatic rings. The molecule has 5 rings (SSSR count). The van der Waals surface area contributed by atoms with Crippen molar-refractivity contribution in [2.24, 2.45) is 5.92 Å². The quantitative estimate of drug-likeness (QED) is 0.599. The number of carbonyl (C=O) groups is 2. The molecule has 1 unspecified atom stereocenters. The van der Waals surface area contributed by atoms with Gasteiger partial charge in [0.2, 0.25) is 5.91 Å². The number of H-pyrrole nitrogens is 1. The van der Waals surface area contributed by atoms with Crippen LogP contribution >= 0.6 is 0 Å². The summed E-state index contributed by atoms with van der Waals surface area (Å²) in [6.45, 7) is 6.01. The van der Waals surface area contributed by atoms with E-state index in [2.05, 4.69) is 15.2 Å². The Labute approximate surface area is 191 Å². The molecule has 3 atom stereocenters. The van der Waals surface area contributed by atoms with Crippen molar-refractivity contribution in [1.29, 1.82) is 0 Å². The number of fused-ring (bicyclic) bond motifs is 5. The number of pyridine rings is 1. The van der Waals surface area contributed by atoms with Gasteiger partial charge in [0.25, 0.3) is 5.56 Å². The molecular formula is C25H28N4O4. The lowest BCUT2D eigenvalue weighted by molar-refractivity contribution is -0.121. The van der Waals surface area contributed by atoms with Gasteiger partial charge in [-0.3, -0.25) is 14.5 Å². The molecule has 172 valence electrons. The van der Waals surface area contributed by atoms with E-state index in [0.717, 1.165) is 35.1 Å². The number of esters is 1. The summed E-state index contributed by atoms with van der Waals surface area (Å²) in [5.74, 6) is -0.148. The first-order valence-corrected chi connectivity index (χ1v) is 11.3. The zero-order valence-electron chi connectivity index (χ0n) is 19.1. The third-order valence-corrected chi connectivity index (χ3v) is 7.03. The van der Waals surface area contributed by atoms with Crippen LogP contribution in [0.15, 0.2) is 41.2 Å². The molecule has 2 bridgehead atoms. The van der Waals surface area contributed by atoms with Gasteiger partial charge in [-0.1, -0.05) is 17.7 Å². The first kappa shape index (κ1) is 21.5. The third-order valence-electron chi connectivity index (χ3n) is 7.03. The van der Waals surface area contributed by atoms with Crippen LogP contribution in [0.3, 0.4) is 0 Å². The molecule has 3 aromatic rings. The van der Waals surface area contributed by atoms with E-state index in [0.29, 0.717) is 24.7 Å². The predicted molar refractivity (Wildman–Crippen MR) is 126 cm³/mol. The minimum absolute atomic E-state index is 0.0476. The summed E-state index contributed by atoms with van der Waals surface area (Å²) in [5.41, 5.74) is 3.58. The molecule has 0 aliphatic carbocycles. The lowest BCUT2D eigenvalue weighted by Crippen LogP contribution is -2.52. The number of amides is 1. The molecule has 2 aliphatic heterocycles. The van der Waals surface area contributed by atoms with Gasteiger partial charge in [0, 0.05) is 48.2 Å². The maximum absolute atomic E-state index is 13.3. The fourth-order valence-electron chi connectivity index (χ4n) is 5.33. The Morgan fingerprint density at radius 3 is 2.79 bits per heavy atom. The molecule has 0 saturated carbocycles. The molecular weight excluding hydrogens is 420 g/mol. The first-order chi connectivity index (χ1) is 15.9. The first-order valence-electron chi connectivity index (χ1n) is 11.3. The molecule has 2 aromatic heterocycles. The minimum Gasteiger partial charge on any atom is -0.464 e. The molecule has 0 radical (unpaired) electrons. The number of piperidine rings is 1. The van der Waals surface area contributed by atoms with Gasteiger partial charge in [0.05, 0.1) is 18.8 Å². The zero-order valence-corrected chi connectivity index (χ0v) is 19.1. The number of anilines is 1. The van der Waals surface area contributed by atoms with Crippen molar-refractivity contribution >= 4 is 28.5 Å². The smallest absolute Gasteiger partial charge is 0.356 e. The van der Waals surface area contributed by atoms with E-state index >= 15 is 0 Å². The summed E-state index contributed by atoms with van der Waals surface area (Å²) in [6, 6.07) is 10.8. The van der Waals surface area contributed by atoms with E-state index in [4.69, 9.17) is 4.74 Å². The highest BCUT2D eigenvalue weighted by Crippen LogP contribution is 2.36. The van der Waals surface area contributed by atoms with Crippen LogP contribution in [0.25, 0.3) is 10.9 Å². The molecule has 1 amide bonds. The Morgan fingerprint density at radius 2 is 2.00 bits per heavy atom. The van der Waals surface area contributed by atoms with Crippen LogP contribution in [0.1, 0.15) is 41.0 Å². The third kappa shape index (κ3) is 3.74. The van der Waals surface area contributed by atoms with Gasteiger partial charge in [-0.15, -0.1) is 0 Å². The van der Waals surface area contributed by atoms with Crippen molar-refractivity contribution in [2.45, 2.75) is 38.8 Å². The van der Waals surface area contributed by atoms with Gasteiger partial charge in [-0.2, -0.15) is 0 Å². The lowest BCUT2D eigenvalue weighted by atomic mass is 9.82. The predicted octanol–water partition coefficient (Wildman–Crippen LogP) is 2.87. The number of aromatic nitrogens is 2. The molecule has 8 heteroatoms. The monoisotopic (exact) mass is 448 g/mol. The van der Waals surface area contributed by atoms with Crippen LogP contribution in [0.2, 0.25) is 0 Å². The van der Waals surface area contributed by atoms with Gasteiger partial charge in [-0.25, -0.2) is 4.79 Å². The van der Waals surface area contributed by atoms with Crippen LogP contribution in [0.4, 0.5) is 5.69 Å². The van der Waals surface area contributed by atoms with Crippen molar-refractivity contribution in [3.63, 3.8) is 0 Å². The highest BCUT2D eigenvalue weighted by Gasteiger charge is 2.37. The highest BCUT2D eigenvalue weighted by molar-refractivity contribution is 6.11. The van der Waals surface area contributed by atoms with Crippen LogP contribution in [0.5, 0.6) is 0 Å². The second kappa shape index (κ2) is 8.19. The second-order valence-electron chi connectivity index (χ2n) is 9.23. The standard InChI is InChI=1S/C25H28N4O4/c1-14-7-8-19-18(9-14)22(23(26-19)25(32)33-3)27-24(31)15(2)28-11-16-10-17(13-28)20-5-4-6-21(30)29(20)12-16/h4-9,15-17,26H,10-13H2,1-3H3,(H,27,31)/t15?,16-,17-/m0/s1. The minimum atomic E-state index is -0.527. The number of ether oxygens (including phenoxy) is 1. The maximum Gasteiger partial charge on any atom is 0.356 e. The molecule has 8 nitrogen and oxygen atoms in total. The number of hydrogen-bond donors (Lipinski definition) is 2. The van der Waals surface area contributed by atoms with Gasteiger partial charge in [0.1, 0.15) is 5.69 Å². The van der Waals surface area contributed by atoms with E-state index in [1.807, 2.05) is 48.7 Å². The summed E-state index contributed by atoms with van der Waals surface area (Å²) < 4.78 is 6.82. The number of benzene rings is 1. The number of aryl methyl sites for hydroxylation is 1. The fourth-order valence-corrected chi connectivity index (χ4v) is 5.33. The average Bonchev–Trinajstić information content (AvgIpc) is 3.16. The number of hydrogen-bond acceptors (Lipinski definition) is 5. The van der Waals surface area contributed by atoms with Gasteiger partial charge in [-0.05, 0) is 44.4 Å². The van der Waals surface area contributed by atoms with E-state index in [-0.39, 0.29) is 23.1 Å². The van der Waals surface area contributed by atoms with E-state index in [9.17, 15) is 14.4 Å². The molecule has 2 N–H and O–H groups in total. The van der Waals surface area contributed by atoms with Gasteiger partial charge in [0.15, 0.2) is 0 Å². The van der Waals surface area contributed by atoms with E-state index in [1.165, 1.54) is 7.11 Å². The van der Waals surface area contributed by atoms with Crippen molar-refractivity contribution in [2.75, 3.05) is 25.5 Å². The highest BCUT2D eigenvalue weighted by atomic mass is 16.5.